The number of rotatable bonds is 3. The molecule has 1 fully saturated rings. The van der Waals surface area contributed by atoms with Gasteiger partial charge in [-0.3, -0.25) is 0 Å². The molecular weight excluding hydrogens is 461 g/mol. The Bertz CT molecular complexity index is 1200. The van der Waals surface area contributed by atoms with Crippen molar-refractivity contribution in [3.63, 3.8) is 0 Å². The van der Waals surface area contributed by atoms with Crippen molar-refractivity contribution >= 4 is 51.9 Å². The number of aryl methyl sites for hydroxylation is 1. The van der Waals surface area contributed by atoms with Gasteiger partial charge < -0.3 is 14.1 Å². The van der Waals surface area contributed by atoms with Gasteiger partial charge in [0.1, 0.15) is 5.58 Å². The Balaban J connectivity index is 1.69. The van der Waals surface area contributed by atoms with E-state index in [0.717, 1.165) is 19.3 Å². The molecule has 1 aromatic heterocycles. The van der Waals surface area contributed by atoms with Gasteiger partial charge in [0.05, 0.1) is 5.02 Å². The summed E-state index contributed by atoms with van der Waals surface area (Å²) in [6.07, 6.45) is 2.78. The second-order valence-corrected chi connectivity index (χ2v) is 8.79. The summed E-state index contributed by atoms with van der Waals surface area (Å²) in [5, 5.41) is 1.87. The van der Waals surface area contributed by atoms with Crippen LogP contribution in [0.25, 0.3) is 11.0 Å². The van der Waals surface area contributed by atoms with Crippen LogP contribution in [0.4, 0.5) is 4.79 Å². The third-order valence-corrected chi connectivity index (χ3v) is 6.57. The number of halogens is 3. The first-order valence-electron chi connectivity index (χ1n) is 10.0. The SMILES string of the molecule is Cc1c(Cc2c(Cl)cccc2Cl)c(=O)oc2cc(OC(=O)N3CCCCC3)c(Cl)cc12. The molecule has 0 atom stereocenters. The van der Waals surface area contributed by atoms with E-state index in [2.05, 4.69) is 0 Å². The molecule has 2 aromatic carbocycles. The average Bonchev–Trinajstić information content (AvgIpc) is 2.75. The number of benzene rings is 2. The van der Waals surface area contributed by atoms with E-state index in [-0.39, 0.29) is 17.2 Å². The number of likely N-dealkylation sites (tertiary alicyclic amines) is 1. The summed E-state index contributed by atoms with van der Waals surface area (Å²) in [5.41, 5.74) is 1.59. The molecule has 1 saturated heterocycles. The third kappa shape index (κ3) is 4.54. The second-order valence-electron chi connectivity index (χ2n) is 7.56. The lowest BCUT2D eigenvalue weighted by atomic mass is 9.99. The molecule has 3 aromatic rings. The van der Waals surface area contributed by atoms with Gasteiger partial charge in [-0.05, 0) is 55.5 Å². The third-order valence-electron chi connectivity index (χ3n) is 5.57. The molecule has 31 heavy (non-hydrogen) atoms. The van der Waals surface area contributed by atoms with Crippen LogP contribution in [-0.4, -0.2) is 24.1 Å². The lowest BCUT2D eigenvalue weighted by Crippen LogP contribution is -2.37. The number of fused-ring (bicyclic) bond motifs is 1. The zero-order valence-electron chi connectivity index (χ0n) is 16.8. The van der Waals surface area contributed by atoms with Gasteiger partial charge in [-0.1, -0.05) is 40.9 Å². The normalized spacial score (nSPS) is 14.1. The maximum absolute atomic E-state index is 12.7. The van der Waals surface area contributed by atoms with E-state index in [1.54, 1.807) is 29.2 Å². The van der Waals surface area contributed by atoms with Crippen LogP contribution >= 0.6 is 34.8 Å². The van der Waals surface area contributed by atoms with Crippen molar-refractivity contribution in [2.45, 2.75) is 32.6 Å². The molecule has 0 bridgehead atoms. The molecular formula is C23H20Cl3NO4. The van der Waals surface area contributed by atoms with Crippen molar-refractivity contribution in [3.05, 3.63) is 72.5 Å². The Hall–Kier alpha value is -2.21. The van der Waals surface area contributed by atoms with E-state index in [4.69, 9.17) is 44.0 Å². The first kappa shape index (κ1) is 22.0. The minimum absolute atomic E-state index is 0.161. The molecule has 0 N–H and O–H groups in total. The van der Waals surface area contributed by atoms with E-state index >= 15 is 0 Å². The Labute approximate surface area is 194 Å². The summed E-state index contributed by atoms with van der Waals surface area (Å²) in [6.45, 7) is 3.13. The zero-order valence-corrected chi connectivity index (χ0v) is 19.1. The lowest BCUT2D eigenvalue weighted by Gasteiger charge is -2.25. The summed E-state index contributed by atoms with van der Waals surface area (Å²) < 4.78 is 11.0. The van der Waals surface area contributed by atoms with Crippen LogP contribution in [-0.2, 0) is 6.42 Å². The number of hydrogen-bond donors (Lipinski definition) is 0. The maximum atomic E-state index is 12.7. The highest BCUT2D eigenvalue weighted by atomic mass is 35.5. The van der Waals surface area contributed by atoms with E-state index in [9.17, 15) is 9.59 Å². The molecule has 162 valence electrons. The maximum Gasteiger partial charge on any atom is 0.415 e. The zero-order chi connectivity index (χ0) is 22.1. The summed E-state index contributed by atoms with van der Waals surface area (Å²) in [7, 11) is 0. The molecule has 0 aliphatic carbocycles. The van der Waals surface area contributed by atoms with Crippen LogP contribution in [0.15, 0.2) is 39.5 Å². The van der Waals surface area contributed by atoms with E-state index < -0.39 is 11.7 Å². The fourth-order valence-electron chi connectivity index (χ4n) is 3.79. The molecule has 2 heterocycles. The molecule has 5 nitrogen and oxygen atoms in total. The van der Waals surface area contributed by atoms with Crippen LogP contribution < -0.4 is 10.4 Å². The van der Waals surface area contributed by atoms with Crippen LogP contribution in [0.3, 0.4) is 0 Å². The summed E-state index contributed by atoms with van der Waals surface area (Å²) in [6, 6.07) is 8.32. The molecule has 8 heteroatoms. The summed E-state index contributed by atoms with van der Waals surface area (Å²) in [5.74, 6) is 0.161. The van der Waals surface area contributed by atoms with Crippen molar-refractivity contribution in [1.82, 2.24) is 4.90 Å². The van der Waals surface area contributed by atoms with Crippen molar-refractivity contribution in [2.75, 3.05) is 13.1 Å². The van der Waals surface area contributed by atoms with Gasteiger partial charge in [0.25, 0.3) is 0 Å². The van der Waals surface area contributed by atoms with E-state index in [1.807, 2.05) is 6.92 Å². The smallest absolute Gasteiger partial charge is 0.415 e. The Morgan fingerprint density at radius 3 is 2.39 bits per heavy atom. The molecule has 4 rings (SSSR count). The number of carbonyl (C=O) groups excluding carboxylic acids is 1. The Kier molecular flexibility index (Phi) is 6.47. The van der Waals surface area contributed by atoms with Crippen LogP contribution in [0.2, 0.25) is 15.1 Å². The number of carbonyl (C=O) groups is 1. The van der Waals surface area contributed by atoms with Gasteiger partial charge in [0, 0.05) is 46.6 Å². The van der Waals surface area contributed by atoms with Gasteiger partial charge in [-0.2, -0.15) is 0 Å². The number of ether oxygens (including phenoxy) is 1. The predicted molar refractivity (Wildman–Crippen MR) is 123 cm³/mol. The van der Waals surface area contributed by atoms with Crippen LogP contribution in [0, 0.1) is 6.92 Å². The molecule has 1 amide bonds. The van der Waals surface area contributed by atoms with Crippen molar-refractivity contribution < 1.29 is 13.9 Å². The average molecular weight is 481 g/mol. The number of amides is 1. The van der Waals surface area contributed by atoms with Gasteiger partial charge in [0.2, 0.25) is 0 Å². The first-order valence-corrected chi connectivity index (χ1v) is 11.1. The topological polar surface area (TPSA) is 59.8 Å². The molecule has 0 radical (unpaired) electrons. The Morgan fingerprint density at radius 1 is 1.03 bits per heavy atom. The van der Waals surface area contributed by atoms with E-state index in [1.165, 1.54) is 6.07 Å². The molecule has 0 spiro atoms. The number of nitrogens with zero attached hydrogens (tertiary/aromatic N) is 1. The monoisotopic (exact) mass is 479 g/mol. The Morgan fingerprint density at radius 2 is 1.71 bits per heavy atom. The van der Waals surface area contributed by atoms with Gasteiger partial charge in [-0.25, -0.2) is 9.59 Å². The second kappa shape index (κ2) is 9.11. The fraction of sp³-hybridized carbons (Fsp3) is 0.304. The minimum Gasteiger partial charge on any atom is -0.422 e. The standard InChI is InChI=1S/C23H20Cl3NO4/c1-13-14-11-19(26)21(31-23(29)27-8-3-2-4-9-27)12-20(14)30-22(28)15(13)10-16-17(24)6-5-7-18(16)25/h5-7,11-12H,2-4,8-10H2,1H3. The minimum atomic E-state index is -0.503. The van der Waals surface area contributed by atoms with Gasteiger partial charge >= 0.3 is 11.7 Å². The van der Waals surface area contributed by atoms with Gasteiger partial charge in [0.15, 0.2) is 5.75 Å². The van der Waals surface area contributed by atoms with Gasteiger partial charge in [-0.15, -0.1) is 0 Å². The molecule has 1 aliphatic heterocycles. The van der Waals surface area contributed by atoms with E-state index in [0.29, 0.717) is 50.8 Å². The van der Waals surface area contributed by atoms with Crippen LogP contribution in [0.1, 0.15) is 36.0 Å². The quantitative estimate of drug-likeness (QED) is 0.394. The number of hydrogen-bond acceptors (Lipinski definition) is 4. The molecule has 0 unspecified atom stereocenters. The first-order chi connectivity index (χ1) is 14.8. The highest BCUT2D eigenvalue weighted by molar-refractivity contribution is 6.36. The fourth-order valence-corrected chi connectivity index (χ4v) is 4.52. The molecule has 1 aliphatic rings. The highest BCUT2D eigenvalue weighted by Crippen LogP contribution is 2.34. The van der Waals surface area contributed by atoms with Crippen LogP contribution in [0.5, 0.6) is 5.75 Å². The number of piperidine rings is 1. The summed E-state index contributed by atoms with van der Waals surface area (Å²) >= 11 is 18.9. The largest absolute Gasteiger partial charge is 0.422 e. The lowest BCUT2D eigenvalue weighted by molar-refractivity contribution is 0.142. The highest BCUT2D eigenvalue weighted by Gasteiger charge is 2.21. The predicted octanol–water partition coefficient (Wildman–Crippen LogP) is 6.64. The summed E-state index contributed by atoms with van der Waals surface area (Å²) in [4.78, 5) is 26.8. The molecule has 0 saturated carbocycles. The van der Waals surface area contributed by atoms with Crippen molar-refractivity contribution in [1.29, 1.82) is 0 Å². The van der Waals surface area contributed by atoms with Crippen molar-refractivity contribution in [2.24, 2.45) is 0 Å². The van der Waals surface area contributed by atoms with Crippen molar-refractivity contribution in [3.8, 4) is 5.75 Å².